The summed E-state index contributed by atoms with van der Waals surface area (Å²) in [6.45, 7) is 1.43. The Morgan fingerprint density at radius 2 is 1.53 bits per heavy atom. The minimum Gasteiger partial charge on any atom is -0.481 e. The van der Waals surface area contributed by atoms with Gasteiger partial charge in [0.15, 0.2) is 0 Å². The van der Waals surface area contributed by atoms with Crippen molar-refractivity contribution >= 4 is 35.1 Å². The molecule has 2 aromatic heterocycles. The van der Waals surface area contributed by atoms with Gasteiger partial charge in [-0.1, -0.05) is 60.1 Å². The van der Waals surface area contributed by atoms with Gasteiger partial charge in [0.2, 0.25) is 17.7 Å². The highest BCUT2D eigenvalue weighted by atomic mass is 35.5. The lowest BCUT2D eigenvalue weighted by atomic mass is 9.97. The summed E-state index contributed by atoms with van der Waals surface area (Å²) < 4.78 is 11.4. The van der Waals surface area contributed by atoms with E-state index in [2.05, 4.69) is 41.2 Å². The average Bonchev–Trinajstić information content (AvgIpc) is 3.74. The predicted molar refractivity (Wildman–Crippen MR) is 196 cm³/mol. The smallest absolute Gasteiger partial charge is 0.220 e. The van der Waals surface area contributed by atoms with Crippen molar-refractivity contribution in [1.29, 1.82) is 0 Å². The number of nitrogens with zero attached hydrogens (tertiary/aromatic N) is 2. The maximum absolute atomic E-state index is 11.6. The summed E-state index contributed by atoms with van der Waals surface area (Å²) in [7, 11) is 3.29. The van der Waals surface area contributed by atoms with Crippen molar-refractivity contribution in [2.45, 2.75) is 68.8 Å². The molecule has 256 valence electrons. The van der Waals surface area contributed by atoms with E-state index in [0.717, 1.165) is 88.3 Å². The third kappa shape index (κ3) is 8.11. The molecule has 1 saturated heterocycles. The van der Waals surface area contributed by atoms with Gasteiger partial charge in [-0.15, -0.1) is 11.8 Å². The number of methoxy groups -OCH3 is 2. The van der Waals surface area contributed by atoms with Crippen LogP contribution in [0, 0.1) is 5.92 Å². The number of thioether (sulfide) groups is 1. The Morgan fingerprint density at radius 1 is 0.857 bits per heavy atom. The summed E-state index contributed by atoms with van der Waals surface area (Å²) >= 11 is 8.85. The molecular weight excluding hydrogens is 656 g/mol. The summed E-state index contributed by atoms with van der Waals surface area (Å²) in [5.41, 5.74) is 7.32. The van der Waals surface area contributed by atoms with E-state index in [4.69, 9.17) is 31.0 Å². The number of ether oxygens (including phenoxy) is 2. The number of benzene rings is 2. The minimum absolute atomic E-state index is 0.148. The zero-order valence-corrected chi connectivity index (χ0v) is 29.9. The Labute approximate surface area is 297 Å². The minimum atomic E-state index is 0.148. The molecule has 6 rings (SSSR count). The maximum Gasteiger partial charge on any atom is 0.220 e. The Hall–Kier alpha value is -3.92. The largest absolute Gasteiger partial charge is 0.481 e. The molecule has 0 spiro atoms. The second-order valence-electron chi connectivity index (χ2n) is 12.8. The number of nitrogens with one attached hydrogen (secondary N) is 2. The molecule has 2 aliphatic rings. The van der Waals surface area contributed by atoms with E-state index in [0.29, 0.717) is 54.3 Å². The molecule has 2 atom stereocenters. The number of ketones is 1. The van der Waals surface area contributed by atoms with Crippen LogP contribution < -0.4 is 20.1 Å². The van der Waals surface area contributed by atoms with Crippen LogP contribution >= 0.6 is 23.4 Å². The third-order valence-electron chi connectivity index (χ3n) is 9.50. The van der Waals surface area contributed by atoms with Crippen molar-refractivity contribution in [2.24, 2.45) is 5.92 Å². The zero-order valence-electron chi connectivity index (χ0n) is 28.3. The van der Waals surface area contributed by atoms with Crippen LogP contribution in [0.15, 0.2) is 65.6 Å². The molecule has 1 amide bonds. The first kappa shape index (κ1) is 34.9. The van der Waals surface area contributed by atoms with Crippen LogP contribution in [0.1, 0.15) is 56.1 Å². The molecule has 4 aromatic rings. The molecule has 2 aromatic carbocycles. The monoisotopic (exact) mass is 698 g/mol. The van der Waals surface area contributed by atoms with Gasteiger partial charge in [-0.3, -0.25) is 9.59 Å². The highest BCUT2D eigenvalue weighted by molar-refractivity contribution is 7.98. The van der Waals surface area contributed by atoms with E-state index in [1.807, 2.05) is 36.4 Å². The molecule has 2 N–H and O–H groups in total. The van der Waals surface area contributed by atoms with E-state index < -0.39 is 0 Å². The molecule has 8 nitrogen and oxygen atoms in total. The van der Waals surface area contributed by atoms with E-state index in [9.17, 15) is 9.59 Å². The molecule has 1 aliphatic heterocycles. The number of aromatic nitrogens is 2. The lowest BCUT2D eigenvalue weighted by molar-refractivity contribution is -0.119. The lowest BCUT2D eigenvalue weighted by Crippen LogP contribution is -2.25. The highest BCUT2D eigenvalue weighted by Crippen LogP contribution is 2.43. The Bertz CT molecular complexity index is 1830. The molecule has 1 aliphatic carbocycles. The van der Waals surface area contributed by atoms with Crippen LogP contribution in [0.25, 0.3) is 33.6 Å². The maximum atomic E-state index is 11.6. The van der Waals surface area contributed by atoms with Gasteiger partial charge in [-0.2, -0.15) is 0 Å². The molecule has 0 unspecified atom stereocenters. The fourth-order valence-electron chi connectivity index (χ4n) is 6.93. The molecule has 10 heteroatoms. The number of halogens is 1. The standard InChI is InChI=1S/C39H43ClN4O4S/c1-47-38-25(7-4-8-27-16-20-35(46)42-27)14-18-33(43-38)31-11-5-9-29(36(31)40)30-10-6-12-32(37(30)49-3)34-19-15-26(39(44-34)48-2)23-41-22-24-13-17-28(45)21-24/h5-6,9-12,14-15,18-19,24,27,41H,4,7-8,13,16-17,20-23H2,1-3H3,(H,42,46)/t24-,27-/m1/s1. The number of amides is 1. The van der Waals surface area contributed by atoms with Crippen LogP contribution in [-0.2, 0) is 22.6 Å². The second kappa shape index (κ2) is 16.2. The number of hydrogen-bond acceptors (Lipinski definition) is 8. The van der Waals surface area contributed by atoms with E-state index in [1.54, 1.807) is 26.0 Å². The zero-order chi connectivity index (χ0) is 34.3. The SMILES string of the molecule is COc1nc(-c2cccc(-c3cccc(-c4ccc(CNC[C@@H]5CCC(=O)C5)c(OC)n4)c3SC)c2Cl)ccc1CCC[C@@H]1CCC(=O)N1. The van der Waals surface area contributed by atoms with Crippen LogP contribution in [0.3, 0.4) is 0 Å². The lowest BCUT2D eigenvalue weighted by Gasteiger charge is -2.17. The van der Waals surface area contributed by atoms with E-state index in [-0.39, 0.29) is 11.9 Å². The number of carbonyl (C=O) groups is 2. The number of Topliss-reactive ketones (excluding diaryl/α,β-unsaturated/α-hetero) is 1. The van der Waals surface area contributed by atoms with E-state index in [1.165, 1.54) is 0 Å². The summed E-state index contributed by atoms with van der Waals surface area (Å²) in [4.78, 5) is 34.1. The van der Waals surface area contributed by atoms with Gasteiger partial charge in [-0.25, -0.2) is 9.97 Å². The van der Waals surface area contributed by atoms with Crippen LogP contribution in [-0.4, -0.2) is 54.7 Å². The highest BCUT2D eigenvalue weighted by Gasteiger charge is 2.23. The molecule has 3 heterocycles. The van der Waals surface area contributed by atoms with Crippen molar-refractivity contribution in [1.82, 2.24) is 20.6 Å². The number of hydrogen-bond donors (Lipinski definition) is 2. The number of rotatable bonds is 14. The van der Waals surface area contributed by atoms with Gasteiger partial charge in [0.1, 0.15) is 5.78 Å². The van der Waals surface area contributed by atoms with Gasteiger partial charge in [0.25, 0.3) is 0 Å². The van der Waals surface area contributed by atoms with Gasteiger partial charge >= 0.3 is 0 Å². The predicted octanol–water partition coefficient (Wildman–Crippen LogP) is 7.93. The molecule has 49 heavy (non-hydrogen) atoms. The van der Waals surface area contributed by atoms with Crippen molar-refractivity contribution in [2.75, 3.05) is 27.0 Å². The van der Waals surface area contributed by atoms with Gasteiger partial charge < -0.3 is 20.1 Å². The topological polar surface area (TPSA) is 102 Å². The summed E-state index contributed by atoms with van der Waals surface area (Å²) in [6.07, 6.45) is 8.62. The van der Waals surface area contributed by atoms with Gasteiger partial charge in [0.05, 0.1) is 30.6 Å². The fourth-order valence-corrected chi connectivity index (χ4v) is 8.05. The Kier molecular flexibility index (Phi) is 11.5. The van der Waals surface area contributed by atoms with Gasteiger partial charge in [0, 0.05) is 64.6 Å². The van der Waals surface area contributed by atoms with Crippen molar-refractivity contribution in [3.8, 4) is 45.4 Å². The molecule has 0 radical (unpaired) electrons. The first-order chi connectivity index (χ1) is 23.9. The summed E-state index contributed by atoms with van der Waals surface area (Å²) in [5, 5.41) is 7.15. The number of carbonyl (C=O) groups excluding carboxylic acids is 2. The fraction of sp³-hybridized carbons (Fsp3) is 0.385. The Morgan fingerprint density at radius 3 is 2.20 bits per heavy atom. The normalized spacial score (nSPS) is 17.4. The first-order valence-electron chi connectivity index (χ1n) is 16.9. The van der Waals surface area contributed by atoms with Crippen LogP contribution in [0.4, 0.5) is 0 Å². The Balaban J connectivity index is 1.23. The van der Waals surface area contributed by atoms with Crippen molar-refractivity contribution in [3.63, 3.8) is 0 Å². The van der Waals surface area contributed by atoms with Crippen molar-refractivity contribution < 1.29 is 19.1 Å². The quantitative estimate of drug-likeness (QED) is 0.128. The third-order valence-corrected chi connectivity index (χ3v) is 10.8. The first-order valence-corrected chi connectivity index (χ1v) is 18.5. The van der Waals surface area contributed by atoms with Crippen molar-refractivity contribution in [3.05, 3.63) is 76.8 Å². The summed E-state index contributed by atoms with van der Waals surface area (Å²) in [5.74, 6) is 2.09. The number of pyridine rings is 2. The summed E-state index contributed by atoms with van der Waals surface area (Å²) in [6, 6.07) is 20.7. The van der Waals surface area contributed by atoms with Gasteiger partial charge in [-0.05, 0) is 68.5 Å². The van der Waals surface area contributed by atoms with Crippen LogP contribution in [0.5, 0.6) is 11.8 Å². The average molecular weight is 699 g/mol. The molecule has 2 fully saturated rings. The molecular formula is C39H43ClN4O4S. The molecule has 1 saturated carbocycles. The van der Waals surface area contributed by atoms with E-state index >= 15 is 0 Å². The van der Waals surface area contributed by atoms with Crippen LogP contribution in [0.2, 0.25) is 5.02 Å². The second-order valence-corrected chi connectivity index (χ2v) is 14.0. The molecule has 0 bridgehead atoms. The number of aryl methyl sites for hydroxylation is 1.